The van der Waals surface area contributed by atoms with Crippen LogP contribution < -0.4 is 10.4 Å². The van der Waals surface area contributed by atoms with Crippen molar-refractivity contribution in [2.45, 2.75) is 58.6 Å². The van der Waals surface area contributed by atoms with Gasteiger partial charge in [-0.05, 0) is 39.9 Å². The number of carbonyl (C=O) groups is 3. The number of hydrogen-bond donors (Lipinski definition) is 0. The van der Waals surface area contributed by atoms with Gasteiger partial charge in [0.1, 0.15) is 6.29 Å². The van der Waals surface area contributed by atoms with E-state index < -0.39 is 31.3 Å². The SMILES string of the molecule is COC(=O)[C@]1(OC(C)=O)C[C@H](C)C(CO[Si](c2ccccc2)(c2ccccc2)C(C)(C)C)=C[C@]1(C)/C=C/C=O. The zero-order valence-electron chi connectivity index (χ0n) is 24.0. The first-order valence-electron chi connectivity index (χ1n) is 13.2. The van der Waals surface area contributed by atoms with Crippen LogP contribution in [0.2, 0.25) is 5.04 Å². The summed E-state index contributed by atoms with van der Waals surface area (Å²) in [5.41, 5.74) is -1.79. The monoisotopic (exact) mass is 548 g/mol. The molecule has 208 valence electrons. The van der Waals surface area contributed by atoms with Crippen molar-refractivity contribution in [1.82, 2.24) is 0 Å². The summed E-state index contributed by atoms with van der Waals surface area (Å²) in [6, 6.07) is 20.8. The molecule has 1 aliphatic rings. The first-order chi connectivity index (χ1) is 18.4. The van der Waals surface area contributed by atoms with Crippen molar-refractivity contribution in [3.63, 3.8) is 0 Å². The molecule has 39 heavy (non-hydrogen) atoms. The van der Waals surface area contributed by atoms with Crippen LogP contribution in [0, 0.1) is 11.3 Å². The second-order valence-electron chi connectivity index (χ2n) is 11.5. The summed E-state index contributed by atoms with van der Waals surface area (Å²) < 4.78 is 18.0. The Morgan fingerprint density at radius 3 is 2.00 bits per heavy atom. The molecule has 1 aliphatic carbocycles. The lowest BCUT2D eigenvalue weighted by Crippen LogP contribution is -2.67. The van der Waals surface area contributed by atoms with Crippen molar-refractivity contribution in [3.8, 4) is 0 Å². The van der Waals surface area contributed by atoms with Crippen molar-refractivity contribution in [2.24, 2.45) is 11.3 Å². The number of benzene rings is 2. The zero-order valence-corrected chi connectivity index (χ0v) is 25.0. The second-order valence-corrected chi connectivity index (χ2v) is 15.8. The first-order valence-corrected chi connectivity index (χ1v) is 15.2. The fraction of sp³-hybridized carbons (Fsp3) is 0.406. The summed E-state index contributed by atoms with van der Waals surface area (Å²) in [6.07, 6.45) is 5.68. The number of esters is 2. The highest BCUT2D eigenvalue weighted by Gasteiger charge is 2.59. The highest BCUT2D eigenvalue weighted by molar-refractivity contribution is 6.99. The van der Waals surface area contributed by atoms with Crippen LogP contribution >= 0.6 is 0 Å². The van der Waals surface area contributed by atoms with Gasteiger partial charge in [0.15, 0.2) is 0 Å². The molecule has 6 nitrogen and oxygen atoms in total. The Morgan fingerprint density at radius 2 is 1.56 bits per heavy atom. The fourth-order valence-corrected chi connectivity index (χ4v) is 10.4. The molecule has 7 heteroatoms. The van der Waals surface area contributed by atoms with E-state index in [9.17, 15) is 14.4 Å². The zero-order chi connectivity index (χ0) is 28.9. The van der Waals surface area contributed by atoms with E-state index in [1.54, 1.807) is 13.0 Å². The van der Waals surface area contributed by atoms with E-state index in [0.717, 1.165) is 5.57 Å². The quantitative estimate of drug-likeness (QED) is 0.148. The van der Waals surface area contributed by atoms with Crippen LogP contribution in [0.5, 0.6) is 0 Å². The van der Waals surface area contributed by atoms with Crippen molar-refractivity contribution in [2.75, 3.05) is 13.7 Å². The van der Waals surface area contributed by atoms with Gasteiger partial charge in [0.25, 0.3) is 8.32 Å². The number of methoxy groups -OCH3 is 1. The lowest BCUT2D eigenvalue weighted by atomic mass is 9.62. The summed E-state index contributed by atoms with van der Waals surface area (Å²) >= 11 is 0. The molecule has 2 aromatic rings. The van der Waals surface area contributed by atoms with E-state index in [1.807, 2.05) is 49.4 Å². The number of hydrogen-bond acceptors (Lipinski definition) is 6. The van der Waals surface area contributed by atoms with Crippen LogP contribution in [0.15, 0.2) is 84.5 Å². The highest BCUT2D eigenvalue weighted by atomic mass is 28.4. The Morgan fingerprint density at radius 1 is 1.03 bits per heavy atom. The molecule has 2 aromatic carbocycles. The van der Waals surface area contributed by atoms with Crippen LogP contribution in [-0.4, -0.2) is 45.9 Å². The third-order valence-electron chi connectivity index (χ3n) is 7.81. The molecule has 0 aliphatic heterocycles. The molecular formula is C32H40O6Si. The molecule has 0 saturated heterocycles. The number of allylic oxidation sites excluding steroid dienone is 1. The van der Waals surface area contributed by atoms with Crippen LogP contribution in [0.4, 0.5) is 0 Å². The van der Waals surface area contributed by atoms with E-state index in [0.29, 0.717) is 12.9 Å². The molecule has 0 aromatic heterocycles. The number of aldehydes is 1. The number of ether oxygens (including phenoxy) is 2. The normalized spacial score (nSPS) is 23.7. The minimum atomic E-state index is -2.82. The van der Waals surface area contributed by atoms with Gasteiger partial charge < -0.3 is 13.9 Å². The molecule has 0 N–H and O–H groups in total. The van der Waals surface area contributed by atoms with Gasteiger partial charge in [0.05, 0.1) is 19.1 Å². The standard InChI is InChI=1S/C32H40O6Si/c1-24-21-32(29(35)36-7,38-25(2)34)31(6,19-14-20-33)22-26(24)23-37-39(30(3,4)5,27-15-10-8-11-16-27)28-17-12-9-13-18-28/h8-20,22,24H,21,23H2,1-7H3/b19-14+/t24-,31-,32+/m0/s1. The summed E-state index contributed by atoms with van der Waals surface area (Å²) in [5, 5.41) is 2.13. The summed E-state index contributed by atoms with van der Waals surface area (Å²) in [6.45, 7) is 12.0. The van der Waals surface area contributed by atoms with Gasteiger partial charge in [-0.15, -0.1) is 0 Å². The molecule has 3 rings (SSSR count). The van der Waals surface area contributed by atoms with Crippen molar-refractivity contribution in [3.05, 3.63) is 84.5 Å². The first kappa shape index (κ1) is 30.3. The molecule has 0 bridgehead atoms. The van der Waals surface area contributed by atoms with Crippen LogP contribution in [0.3, 0.4) is 0 Å². The van der Waals surface area contributed by atoms with Gasteiger partial charge in [-0.2, -0.15) is 0 Å². The Kier molecular flexibility index (Phi) is 9.18. The number of carbonyl (C=O) groups excluding carboxylic acids is 3. The van der Waals surface area contributed by atoms with Crippen molar-refractivity contribution >= 4 is 36.9 Å². The van der Waals surface area contributed by atoms with Crippen LogP contribution in [0.25, 0.3) is 0 Å². The third-order valence-corrected chi connectivity index (χ3v) is 12.8. The lowest BCUT2D eigenvalue weighted by Gasteiger charge is -2.48. The molecule has 0 fully saturated rings. The molecule has 0 heterocycles. The fourth-order valence-electron chi connectivity index (χ4n) is 5.89. The third kappa shape index (κ3) is 5.70. The van der Waals surface area contributed by atoms with E-state index in [-0.39, 0.29) is 17.4 Å². The van der Waals surface area contributed by atoms with Gasteiger partial charge in [-0.3, -0.25) is 9.59 Å². The summed E-state index contributed by atoms with van der Waals surface area (Å²) in [7, 11) is -1.55. The van der Waals surface area contributed by atoms with Crippen molar-refractivity contribution in [1.29, 1.82) is 0 Å². The van der Waals surface area contributed by atoms with E-state index in [1.165, 1.54) is 30.5 Å². The summed E-state index contributed by atoms with van der Waals surface area (Å²) in [4.78, 5) is 36.7. The smallest absolute Gasteiger partial charge is 0.351 e. The average molecular weight is 549 g/mol. The molecular weight excluding hydrogens is 508 g/mol. The average Bonchev–Trinajstić information content (AvgIpc) is 2.90. The molecule has 3 atom stereocenters. The van der Waals surface area contributed by atoms with Crippen molar-refractivity contribution < 1.29 is 28.3 Å². The van der Waals surface area contributed by atoms with Gasteiger partial charge in [0, 0.05) is 13.3 Å². The maximum absolute atomic E-state index is 13.2. The molecule has 0 unspecified atom stereocenters. The largest absolute Gasteiger partial charge is 0.466 e. The Hall–Kier alpha value is -3.29. The molecule has 0 saturated carbocycles. The van der Waals surface area contributed by atoms with E-state index >= 15 is 0 Å². The Balaban J connectivity index is 2.17. The predicted octanol–water partition coefficient (Wildman–Crippen LogP) is 4.77. The number of rotatable bonds is 9. The minimum absolute atomic E-state index is 0.167. The Bertz CT molecular complexity index is 1190. The lowest BCUT2D eigenvalue weighted by molar-refractivity contribution is -0.193. The van der Waals surface area contributed by atoms with Gasteiger partial charge in [-0.25, -0.2) is 4.79 Å². The summed E-state index contributed by atoms with van der Waals surface area (Å²) in [5.74, 6) is -1.43. The second kappa shape index (κ2) is 11.8. The van der Waals surface area contributed by atoms with Gasteiger partial charge >= 0.3 is 11.9 Å². The Labute approximate surface area is 233 Å². The van der Waals surface area contributed by atoms with Gasteiger partial charge in [0.2, 0.25) is 5.60 Å². The topological polar surface area (TPSA) is 78.9 Å². The van der Waals surface area contributed by atoms with Crippen LogP contribution in [-0.2, 0) is 28.3 Å². The minimum Gasteiger partial charge on any atom is -0.466 e. The van der Waals surface area contributed by atoms with E-state index in [4.69, 9.17) is 13.9 Å². The maximum Gasteiger partial charge on any atom is 0.351 e. The molecule has 0 spiro atoms. The molecule has 0 amide bonds. The van der Waals surface area contributed by atoms with Gasteiger partial charge in [-0.1, -0.05) is 101 Å². The molecule has 0 radical (unpaired) electrons. The maximum atomic E-state index is 13.2. The van der Waals surface area contributed by atoms with Crippen LogP contribution in [0.1, 0.15) is 48.0 Å². The predicted molar refractivity (Wildman–Crippen MR) is 155 cm³/mol. The van der Waals surface area contributed by atoms with E-state index in [2.05, 4.69) is 45.0 Å². The highest BCUT2D eigenvalue weighted by Crippen LogP contribution is 2.49.